The number of hydrogen-bond acceptors (Lipinski definition) is 8. The van der Waals surface area contributed by atoms with E-state index in [0.29, 0.717) is 55.6 Å². The van der Waals surface area contributed by atoms with Crippen molar-refractivity contribution in [1.29, 1.82) is 0 Å². The van der Waals surface area contributed by atoms with Gasteiger partial charge in [-0.1, -0.05) is 0 Å². The minimum absolute atomic E-state index is 0.177. The third-order valence-corrected chi connectivity index (χ3v) is 8.28. The first-order valence-electron chi connectivity index (χ1n) is 12.2. The van der Waals surface area contributed by atoms with Crippen molar-refractivity contribution < 1.29 is 21.9 Å². The maximum absolute atomic E-state index is 15.1. The Balaban J connectivity index is 1.55. The maximum Gasteiger partial charge on any atom is 0.211 e. The molecule has 2 saturated heterocycles. The molecule has 9 nitrogen and oxygen atoms in total. The van der Waals surface area contributed by atoms with Crippen molar-refractivity contribution >= 4 is 43.8 Å². The second kappa shape index (κ2) is 9.99. The lowest BCUT2D eigenvalue weighted by molar-refractivity contribution is 0.122. The molecule has 0 spiro atoms. The van der Waals surface area contributed by atoms with Gasteiger partial charge in [-0.15, -0.1) is 0 Å². The van der Waals surface area contributed by atoms with Gasteiger partial charge in [0.25, 0.3) is 0 Å². The predicted octanol–water partition coefficient (Wildman–Crippen LogP) is 3.27. The Bertz CT molecular complexity index is 1430. The van der Waals surface area contributed by atoms with Crippen LogP contribution in [0.15, 0.2) is 30.6 Å². The fourth-order valence-electron chi connectivity index (χ4n) is 5.12. The summed E-state index contributed by atoms with van der Waals surface area (Å²) in [6.45, 7) is 7.54. The Morgan fingerprint density at radius 2 is 1.81 bits per heavy atom. The van der Waals surface area contributed by atoms with Crippen LogP contribution in [0.1, 0.15) is 12.5 Å². The average molecular weight is 533 g/mol. The molecule has 2 aromatic heterocycles. The summed E-state index contributed by atoms with van der Waals surface area (Å²) >= 11 is 0. The molecule has 0 saturated carbocycles. The minimum Gasteiger partial charge on any atom is -0.378 e. The number of morpholine rings is 1. The molecule has 1 atom stereocenters. The number of nitrogens with one attached hydrogen (secondary N) is 1. The number of piperazine rings is 1. The van der Waals surface area contributed by atoms with E-state index >= 15 is 4.39 Å². The zero-order chi connectivity index (χ0) is 26.3. The Hall–Kier alpha value is -3.09. The lowest BCUT2D eigenvalue weighted by Crippen LogP contribution is -2.54. The summed E-state index contributed by atoms with van der Waals surface area (Å²) in [5.41, 5.74) is 2.90. The summed E-state index contributed by atoms with van der Waals surface area (Å²) in [7, 11) is -3.34. The van der Waals surface area contributed by atoms with Gasteiger partial charge in [0.05, 0.1) is 59.8 Å². The SMILES string of the molecule is Cc1c(N2CCN(S(C)(=O)=O)C(C)C2)nc2cc(F)cc(F)c2c1Nc1cncc(N2CCOCC2)c1. The molecule has 2 aliphatic heterocycles. The van der Waals surface area contributed by atoms with E-state index in [2.05, 4.69) is 20.2 Å². The van der Waals surface area contributed by atoms with Gasteiger partial charge in [0, 0.05) is 56.5 Å². The highest BCUT2D eigenvalue weighted by Crippen LogP contribution is 2.37. The number of nitrogens with zero attached hydrogens (tertiary/aromatic N) is 5. The van der Waals surface area contributed by atoms with E-state index in [1.807, 2.05) is 24.8 Å². The summed E-state index contributed by atoms with van der Waals surface area (Å²) in [6, 6.07) is 3.73. The lowest BCUT2D eigenvalue weighted by atomic mass is 10.1. The molecule has 0 radical (unpaired) electrons. The molecule has 2 aliphatic rings. The van der Waals surface area contributed by atoms with Crippen LogP contribution in [0.3, 0.4) is 0 Å². The highest BCUT2D eigenvalue weighted by molar-refractivity contribution is 7.88. The molecule has 2 fully saturated rings. The van der Waals surface area contributed by atoms with Crippen molar-refractivity contribution in [2.75, 3.05) is 67.3 Å². The van der Waals surface area contributed by atoms with Crippen LogP contribution in [-0.2, 0) is 14.8 Å². The molecule has 37 heavy (non-hydrogen) atoms. The fourth-order valence-corrected chi connectivity index (χ4v) is 6.25. The number of fused-ring (bicyclic) bond motifs is 1. The van der Waals surface area contributed by atoms with E-state index in [-0.39, 0.29) is 16.9 Å². The number of rotatable bonds is 5. The van der Waals surface area contributed by atoms with Crippen molar-refractivity contribution in [2.45, 2.75) is 19.9 Å². The molecule has 1 N–H and O–H groups in total. The van der Waals surface area contributed by atoms with Gasteiger partial charge in [-0.25, -0.2) is 22.2 Å². The average Bonchev–Trinajstić information content (AvgIpc) is 2.85. The summed E-state index contributed by atoms with van der Waals surface area (Å²) in [5.74, 6) is -0.881. The van der Waals surface area contributed by atoms with Crippen LogP contribution in [0.5, 0.6) is 0 Å². The highest BCUT2D eigenvalue weighted by atomic mass is 32.2. The van der Waals surface area contributed by atoms with Gasteiger partial charge in [-0.3, -0.25) is 4.98 Å². The van der Waals surface area contributed by atoms with Crippen LogP contribution in [-0.4, -0.2) is 80.9 Å². The Kier molecular flexibility index (Phi) is 6.90. The summed E-state index contributed by atoms with van der Waals surface area (Å²) in [6.07, 6.45) is 4.63. The zero-order valence-corrected chi connectivity index (χ0v) is 21.9. The van der Waals surface area contributed by atoms with Crippen LogP contribution < -0.4 is 15.1 Å². The van der Waals surface area contributed by atoms with Gasteiger partial charge in [0.1, 0.15) is 17.5 Å². The normalized spacial score (nSPS) is 19.4. The quantitative estimate of drug-likeness (QED) is 0.536. The Labute approximate surface area is 215 Å². The molecule has 4 heterocycles. The van der Waals surface area contributed by atoms with Gasteiger partial charge < -0.3 is 19.9 Å². The molecule has 0 bridgehead atoms. The van der Waals surface area contributed by atoms with Crippen molar-refractivity contribution in [3.05, 3.63) is 47.8 Å². The van der Waals surface area contributed by atoms with Gasteiger partial charge >= 0.3 is 0 Å². The molecular formula is C25H30F2N6O3S. The van der Waals surface area contributed by atoms with E-state index in [0.717, 1.165) is 24.8 Å². The van der Waals surface area contributed by atoms with E-state index in [4.69, 9.17) is 4.74 Å². The van der Waals surface area contributed by atoms with Gasteiger partial charge in [0.2, 0.25) is 10.0 Å². The number of hydrogen-bond donors (Lipinski definition) is 1. The topological polar surface area (TPSA) is 90.9 Å². The van der Waals surface area contributed by atoms with Crippen molar-refractivity contribution in [2.24, 2.45) is 0 Å². The first-order chi connectivity index (χ1) is 17.6. The molecule has 198 valence electrons. The fraction of sp³-hybridized carbons (Fsp3) is 0.440. The van der Waals surface area contributed by atoms with Gasteiger partial charge in [-0.05, 0) is 19.9 Å². The largest absolute Gasteiger partial charge is 0.378 e. The summed E-state index contributed by atoms with van der Waals surface area (Å²) < 4.78 is 60.5. The summed E-state index contributed by atoms with van der Waals surface area (Å²) in [4.78, 5) is 13.1. The van der Waals surface area contributed by atoms with E-state index in [1.165, 1.54) is 16.6 Å². The number of ether oxygens (including phenoxy) is 1. The first-order valence-corrected chi connectivity index (χ1v) is 14.0. The number of aromatic nitrogens is 2. The van der Waals surface area contributed by atoms with Crippen LogP contribution in [0.2, 0.25) is 0 Å². The number of sulfonamides is 1. The van der Waals surface area contributed by atoms with E-state index < -0.39 is 21.7 Å². The van der Waals surface area contributed by atoms with Crippen LogP contribution in [0, 0.1) is 18.6 Å². The molecule has 1 unspecified atom stereocenters. The molecule has 12 heteroatoms. The first kappa shape index (κ1) is 25.6. The molecular weight excluding hydrogens is 502 g/mol. The number of anilines is 4. The monoisotopic (exact) mass is 532 g/mol. The molecule has 5 rings (SSSR count). The number of halogens is 2. The third-order valence-electron chi connectivity index (χ3n) is 6.88. The lowest BCUT2D eigenvalue weighted by Gasteiger charge is -2.39. The Morgan fingerprint density at radius 3 is 2.51 bits per heavy atom. The second-order valence-electron chi connectivity index (χ2n) is 9.54. The number of benzene rings is 1. The molecule has 0 amide bonds. The predicted molar refractivity (Wildman–Crippen MR) is 140 cm³/mol. The highest BCUT2D eigenvalue weighted by Gasteiger charge is 2.32. The standard InChI is InChI=1S/C25H30F2N6O3S/c1-16-15-32(4-5-33(16)37(3,34)35)25-17(2)24(23-21(27)10-18(26)11-22(23)30-25)29-19-12-20(14-28-13-19)31-6-8-36-9-7-31/h10-14,16H,4-9,15H2,1-3H3,(H,29,30). The van der Waals surface area contributed by atoms with Crippen molar-refractivity contribution in [3.8, 4) is 0 Å². The summed E-state index contributed by atoms with van der Waals surface area (Å²) in [5, 5.41) is 3.51. The van der Waals surface area contributed by atoms with Crippen LogP contribution >= 0.6 is 0 Å². The van der Waals surface area contributed by atoms with Crippen molar-refractivity contribution in [3.63, 3.8) is 0 Å². The van der Waals surface area contributed by atoms with E-state index in [9.17, 15) is 12.8 Å². The van der Waals surface area contributed by atoms with Crippen molar-refractivity contribution in [1.82, 2.24) is 14.3 Å². The van der Waals surface area contributed by atoms with Crippen LogP contribution in [0.4, 0.5) is 31.7 Å². The smallest absolute Gasteiger partial charge is 0.211 e. The van der Waals surface area contributed by atoms with Gasteiger partial charge in [0.15, 0.2) is 0 Å². The maximum atomic E-state index is 15.1. The molecule has 3 aromatic rings. The number of pyridine rings is 2. The zero-order valence-electron chi connectivity index (χ0n) is 21.0. The molecule has 0 aliphatic carbocycles. The molecule has 1 aromatic carbocycles. The minimum atomic E-state index is -3.34. The second-order valence-corrected chi connectivity index (χ2v) is 11.5. The van der Waals surface area contributed by atoms with E-state index in [1.54, 1.807) is 12.4 Å². The third kappa shape index (κ3) is 5.18. The van der Waals surface area contributed by atoms with Crippen LogP contribution in [0.25, 0.3) is 10.9 Å². The van der Waals surface area contributed by atoms with Gasteiger partial charge in [-0.2, -0.15) is 4.31 Å². The Morgan fingerprint density at radius 1 is 1.05 bits per heavy atom.